The van der Waals surface area contributed by atoms with Crippen LogP contribution in [0.25, 0.3) is 39.1 Å². The molecule has 5 aromatic heterocycles. The Morgan fingerprint density at radius 3 is 2.76 bits per heavy atom. The van der Waals surface area contributed by atoms with E-state index in [9.17, 15) is 4.79 Å². The summed E-state index contributed by atoms with van der Waals surface area (Å²) in [6, 6.07) is 14.9. The van der Waals surface area contributed by atoms with Crippen molar-refractivity contribution >= 4 is 22.1 Å². The molecular weight excluding hydrogens is 420 g/mol. The lowest BCUT2D eigenvalue weighted by molar-refractivity contribution is 0.678. The first kappa shape index (κ1) is 18.6. The average Bonchev–Trinajstić information content (AvgIpc) is 3.56. The second kappa shape index (κ2) is 7.24. The highest BCUT2D eigenvalue weighted by molar-refractivity contribution is 5.82. The third-order valence-corrected chi connectivity index (χ3v) is 5.32. The fraction of sp³-hybridized carbons (Fsp3) is 0.0455. The maximum absolute atomic E-state index is 11.6. The fourth-order valence-electron chi connectivity index (χ4n) is 3.72. The number of fused-ring (bicyclic) bond motifs is 2. The molecule has 0 aliphatic heterocycles. The summed E-state index contributed by atoms with van der Waals surface area (Å²) in [5.74, 6) is 0. The van der Waals surface area contributed by atoms with Crippen LogP contribution in [0.4, 0.5) is 0 Å². The van der Waals surface area contributed by atoms with Crippen LogP contribution in [0.5, 0.6) is 0 Å². The second-order valence-electron chi connectivity index (χ2n) is 7.39. The SMILES string of the molecule is N#Cc1ccc(Cn2nccc2-c2cc3c(cn2)nnn3-c2ccc3[nH]c(=O)[nH]c3c2)nc1. The van der Waals surface area contributed by atoms with Gasteiger partial charge in [0.05, 0.1) is 57.6 Å². The molecule has 6 rings (SSSR count). The van der Waals surface area contributed by atoms with Gasteiger partial charge in [-0.25, -0.2) is 9.48 Å². The van der Waals surface area contributed by atoms with Crippen molar-refractivity contribution in [2.75, 3.05) is 0 Å². The summed E-state index contributed by atoms with van der Waals surface area (Å²) >= 11 is 0. The number of benzene rings is 1. The van der Waals surface area contributed by atoms with E-state index in [1.165, 1.54) is 0 Å². The Morgan fingerprint density at radius 1 is 1.00 bits per heavy atom. The van der Waals surface area contributed by atoms with E-state index in [2.05, 4.69) is 41.4 Å². The Labute approximate surface area is 185 Å². The van der Waals surface area contributed by atoms with Crippen molar-refractivity contribution in [1.82, 2.24) is 44.7 Å². The molecule has 0 aliphatic carbocycles. The zero-order valence-electron chi connectivity index (χ0n) is 17.0. The summed E-state index contributed by atoms with van der Waals surface area (Å²) in [5.41, 5.74) is 6.10. The first-order chi connectivity index (χ1) is 16.2. The monoisotopic (exact) mass is 434 g/mol. The van der Waals surface area contributed by atoms with E-state index < -0.39 is 0 Å². The molecule has 11 nitrogen and oxygen atoms in total. The second-order valence-corrected chi connectivity index (χ2v) is 7.39. The molecule has 6 aromatic rings. The largest absolute Gasteiger partial charge is 0.323 e. The van der Waals surface area contributed by atoms with Crippen LogP contribution in [0.3, 0.4) is 0 Å². The minimum absolute atomic E-state index is 0.262. The molecule has 158 valence electrons. The number of hydrogen-bond donors (Lipinski definition) is 2. The normalized spacial score (nSPS) is 11.2. The van der Waals surface area contributed by atoms with Gasteiger partial charge in [-0.3, -0.25) is 14.6 Å². The molecule has 0 amide bonds. The molecule has 0 atom stereocenters. The van der Waals surface area contributed by atoms with Crippen molar-refractivity contribution in [3.8, 4) is 23.1 Å². The molecule has 5 heterocycles. The Morgan fingerprint density at radius 2 is 1.91 bits per heavy atom. The van der Waals surface area contributed by atoms with Gasteiger partial charge >= 0.3 is 5.69 Å². The first-order valence-corrected chi connectivity index (χ1v) is 9.99. The predicted molar refractivity (Wildman–Crippen MR) is 118 cm³/mol. The van der Waals surface area contributed by atoms with E-state index in [0.717, 1.165) is 28.1 Å². The van der Waals surface area contributed by atoms with E-state index in [1.54, 1.807) is 40.1 Å². The van der Waals surface area contributed by atoms with Crippen molar-refractivity contribution in [2.24, 2.45) is 0 Å². The van der Waals surface area contributed by atoms with Crippen molar-refractivity contribution in [2.45, 2.75) is 6.54 Å². The maximum atomic E-state index is 11.6. The number of hydrogen-bond acceptors (Lipinski definition) is 7. The van der Waals surface area contributed by atoms with Gasteiger partial charge in [0.15, 0.2) is 0 Å². The van der Waals surface area contributed by atoms with E-state index >= 15 is 0 Å². The highest BCUT2D eigenvalue weighted by Gasteiger charge is 2.14. The van der Waals surface area contributed by atoms with Crippen molar-refractivity contribution in [1.29, 1.82) is 5.26 Å². The van der Waals surface area contributed by atoms with Crippen molar-refractivity contribution in [3.05, 3.63) is 82.8 Å². The van der Waals surface area contributed by atoms with Gasteiger partial charge in [0.25, 0.3) is 0 Å². The number of H-pyrrole nitrogens is 2. The number of nitriles is 1. The van der Waals surface area contributed by atoms with Gasteiger partial charge in [0.2, 0.25) is 0 Å². The molecule has 0 unspecified atom stereocenters. The van der Waals surface area contributed by atoms with Gasteiger partial charge in [-0.05, 0) is 42.5 Å². The van der Waals surface area contributed by atoms with Crippen LogP contribution in [0, 0.1) is 11.3 Å². The van der Waals surface area contributed by atoms with E-state index in [4.69, 9.17) is 5.26 Å². The molecule has 2 N–H and O–H groups in total. The summed E-state index contributed by atoms with van der Waals surface area (Å²) in [6.07, 6.45) is 4.92. The lowest BCUT2D eigenvalue weighted by atomic mass is 10.2. The number of nitrogens with one attached hydrogen (secondary N) is 2. The van der Waals surface area contributed by atoms with Gasteiger partial charge in [-0.15, -0.1) is 5.10 Å². The molecule has 11 heteroatoms. The minimum Gasteiger partial charge on any atom is -0.306 e. The molecule has 0 radical (unpaired) electrons. The summed E-state index contributed by atoms with van der Waals surface area (Å²) in [5, 5.41) is 21.9. The zero-order valence-corrected chi connectivity index (χ0v) is 17.0. The molecule has 0 saturated heterocycles. The predicted octanol–water partition coefficient (Wildman–Crippen LogP) is 2.16. The number of nitrogens with zero attached hydrogens (tertiary/aromatic N) is 8. The number of pyridine rings is 2. The number of imidazole rings is 1. The third kappa shape index (κ3) is 3.22. The van der Waals surface area contributed by atoms with Crippen LogP contribution in [0.2, 0.25) is 0 Å². The van der Waals surface area contributed by atoms with Gasteiger partial charge < -0.3 is 9.97 Å². The maximum Gasteiger partial charge on any atom is 0.323 e. The van der Waals surface area contributed by atoms with E-state index in [-0.39, 0.29) is 5.69 Å². The quantitative estimate of drug-likeness (QED) is 0.432. The number of rotatable bonds is 4. The lowest BCUT2D eigenvalue weighted by Gasteiger charge is -2.08. The van der Waals surface area contributed by atoms with E-state index in [0.29, 0.717) is 28.8 Å². The molecule has 0 bridgehead atoms. The van der Waals surface area contributed by atoms with Crippen LogP contribution >= 0.6 is 0 Å². The summed E-state index contributed by atoms with van der Waals surface area (Å²) in [6.45, 7) is 0.433. The smallest absolute Gasteiger partial charge is 0.306 e. The Hall–Kier alpha value is -5.11. The molecular formula is C22H14N10O. The fourth-order valence-corrected chi connectivity index (χ4v) is 3.72. The van der Waals surface area contributed by atoms with Crippen LogP contribution in [-0.2, 0) is 6.54 Å². The number of aromatic amines is 2. The topological polar surface area (TPSA) is 147 Å². The van der Waals surface area contributed by atoms with Gasteiger partial charge in [-0.2, -0.15) is 10.4 Å². The minimum atomic E-state index is -0.262. The van der Waals surface area contributed by atoms with Gasteiger partial charge in [-0.1, -0.05) is 5.21 Å². The van der Waals surface area contributed by atoms with Crippen LogP contribution in [0.15, 0.2) is 65.8 Å². The van der Waals surface area contributed by atoms with Crippen LogP contribution in [-0.4, -0.2) is 44.7 Å². The highest BCUT2D eigenvalue weighted by atomic mass is 16.1. The molecule has 1 aromatic carbocycles. The Kier molecular flexibility index (Phi) is 4.09. The molecule has 0 spiro atoms. The van der Waals surface area contributed by atoms with Crippen LogP contribution < -0.4 is 5.69 Å². The molecule has 33 heavy (non-hydrogen) atoms. The van der Waals surface area contributed by atoms with Crippen molar-refractivity contribution in [3.63, 3.8) is 0 Å². The lowest BCUT2D eigenvalue weighted by Crippen LogP contribution is -2.06. The van der Waals surface area contributed by atoms with E-state index in [1.807, 2.05) is 30.3 Å². The molecule has 0 aliphatic rings. The Balaban J connectivity index is 1.40. The van der Waals surface area contributed by atoms with Gasteiger partial charge in [0, 0.05) is 12.4 Å². The number of aromatic nitrogens is 9. The first-order valence-electron chi connectivity index (χ1n) is 9.99. The van der Waals surface area contributed by atoms with Crippen LogP contribution in [0.1, 0.15) is 11.3 Å². The highest BCUT2D eigenvalue weighted by Crippen LogP contribution is 2.24. The molecule has 0 fully saturated rings. The molecule has 0 saturated carbocycles. The van der Waals surface area contributed by atoms with Crippen molar-refractivity contribution < 1.29 is 0 Å². The summed E-state index contributed by atoms with van der Waals surface area (Å²) in [4.78, 5) is 26.0. The average molecular weight is 434 g/mol. The summed E-state index contributed by atoms with van der Waals surface area (Å²) < 4.78 is 3.50. The Bertz CT molecular complexity index is 1730. The zero-order chi connectivity index (χ0) is 22.4. The standard InChI is InChI=1S/C22H14N10O/c23-9-13-1-2-14(24-10-13)12-31-20(5-6-26-31)18-8-21-19(11-25-18)29-30-32(21)15-3-4-16-17(7-15)28-22(33)27-16/h1-8,10-11H,12H2,(H2,27,28,33). The third-order valence-electron chi connectivity index (χ3n) is 5.32. The summed E-state index contributed by atoms with van der Waals surface area (Å²) in [7, 11) is 0. The van der Waals surface area contributed by atoms with Gasteiger partial charge in [0.1, 0.15) is 11.6 Å².